The van der Waals surface area contributed by atoms with Gasteiger partial charge in [0.2, 0.25) is 5.91 Å². The van der Waals surface area contributed by atoms with Crippen molar-refractivity contribution in [1.82, 2.24) is 5.32 Å². The lowest BCUT2D eigenvalue weighted by Gasteiger charge is -2.29. The summed E-state index contributed by atoms with van der Waals surface area (Å²) in [5.74, 6) is 1.00. The summed E-state index contributed by atoms with van der Waals surface area (Å²) in [4.78, 5) is 26.7. The average Bonchev–Trinajstić information content (AvgIpc) is 2.57. The number of urea groups is 1. The predicted molar refractivity (Wildman–Crippen MR) is 100 cm³/mol. The average molecular weight is 347 g/mol. The molecular formula is C19H29N3O3. The number of hydrogen-bond donors (Lipinski definition) is 2. The Balaban J connectivity index is 2.36. The van der Waals surface area contributed by atoms with Gasteiger partial charge in [0.05, 0.1) is 11.1 Å². The summed E-state index contributed by atoms with van der Waals surface area (Å²) >= 11 is 0. The first-order valence-electron chi connectivity index (χ1n) is 8.76. The number of ether oxygens (including phenoxy) is 1. The normalized spacial score (nSPS) is 16.3. The van der Waals surface area contributed by atoms with Crippen molar-refractivity contribution in [1.29, 1.82) is 0 Å². The van der Waals surface area contributed by atoms with Crippen LogP contribution in [-0.2, 0) is 4.79 Å². The van der Waals surface area contributed by atoms with Crippen LogP contribution in [0, 0.1) is 11.3 Å². The molecule has 0 aromatic heterocycles. The van der Waals surface area contributed by atoms with Gasteiger partial charge in [0.25, 0.3) is 0 Å². The molecule has 1 aromatic carbocycles. The topological polar surface area (TPSA) is 70.7 Å². The molecular weight excluding hydrogens is 318 g/mol. The van der Waals surface area contributed by atoms with E-state index in [9.17, 15) is 9.59 Å². The second-order valence-electron chi connectivity index (χ2n) is 7.92. The van der Waals surface area contributed by atoms with Gasteiger partial charge >= 0.3 is 6.03 Å². The van der Waals surface area contributed by atoms with E-state index >= 15 is 0 Å². The highest BCUT2D eigenvalue weighted by molar-refractivity contribution is 6.00. The van der Waals surface area contributed by atoms with Gasteiger partial charge in [0, 0.05) is 18.3 Å². The number of fused-ring (bicyclic) bond motifs is 1. The molecule has 1 heterocycles. The van der Waals surface area contributed by atoms with Crippen LogP contribution in [0.1, 0.15) is 41.5 Å². The number of benzene rings is 1. The molecule has 0 aliphatic carbocycles. The highest BCUT2D eigenvalue weighted by Gasteiger charge is 2.38. The molecule has 0 fully saturated rings. The molecule has 138 valence electrons. The summed E-state index contributed by atoms with van der Waals surface area (Å²) in [6, 6.07) is 5.17. The summed E-state index contributed by atoms with van der Waals surface area (Å²) in [6.45, 7) is 12.7. The Kier molecular flexibility index (Phi) is 5.60. The smallest absolute Gasteiger partial charge is 0.319 e. The molecule has 0 spiro atoms. The van der Waals surface area contributed by atoms with E-state index in [-0.39, 0.29) is 18.0 Å². The van der Waals surface area contributed by atoms with Crippen molar-refractivity contribution in [2.75, 3.05) is 23.4 Å². The van der Waals surface area contributed by atoms with E-state index < -0.39 is 5.41 Å². The lowest BCUT2D eigenvalue weighted by atomic mass is 9.92. The standard InChI is InChI=1S/C19H29N3O3/c1-12(2)10-22-15-9-14(21-18(24)20-13(3)4)7-8-16(15)25-11-19(5,6)17(22)23/h7-9,12-13H,10-11H2,1-6H3,(H2,20,21,24). The van der Waals surface area contributed by atoms with Gasteiger partial charge in [-0.25, -0.2) is 4.79 Å². The number of carbonyl (C=O) groups excluding carboxylic acids is 2. The van der Waals surface area contributed by atoms with Gasteiger partial charge < -0.3 is 20.3 Å². The Hall–Kier alpha value is -2.24. The van der Waals surface area contributed by atoms with E-state index in [1.807, 2.05) is 33.8 Å². The third-order valence-electron chi connectivity index (χ3n) is 3.89. The summed E-state index contributed by atoms with van der Waals surface area (Å²) in [7, 11) is 0. The van der Waals surface area contributed by atoms with E-state index in [2.05, 4.69) is 24.5 Å². The molecule has 3 amide bonds. The van der Waals surface area contributed by atoms with Gasteiger partial charge in [-0.2, -0.15) is 0 Å². The molecule has 0 unspecified atom stereocenters. The van der Waals surface area contributed by atoms with Crippen LogP contribution in [-0.4, -0.2) is 31.1 Å². The van der Waals surface area contributed by atoms with Crippen molar-refractivity contribution < 1.29 is 14.3 Å². The SMILES string of the molecule is CC(C)CN1C(=O)C(C)(C)COc2ccc(NC(=O)NC(C)C)cc21. The Morgan fingerprint density at radius 2 is 1.96 bits per heavy atom. The molecule has 0 saturated heterocycles. The third kappa shape index (κ3) is 4.65. The highest BCUT2D eigenvalue weighted by Crippen LogP contribution is 2.38. The fraction of sp³-hybridized carbons (Fsp3) is 0.579. The van der Waals surface area contributed by atoms with Crippen LogP contribution in [0.15, 0.2) is 18.2 Å². The summed E-state index contributed by atoms with van der Waals surface area (Å²) in [6.07, 6.45) is 0. The zero-order valence-corrected chi connectivity index (χ0v) is 16.0. The Labute approximate surface area is 149 Å². The third-order valence-corrected chi connectivity index (χ3v) is 3.89. The number of carbonyl (C=O) groups is 2. The minimum atomic E-state index is -0.601. The fourth-order valence-electron chi connectivity index (χ4n) is 2.70. The number of hydrogen-bond acceptors (Lipinski definition) is 3. The molecule has 0 bridgehead atoms. The first-order valence-corrected chi connectivity index (χ1v) is 8.76. The van der Waals surface area contributed by atoms with E-state index in [0.29, 0.717) is 36.2 Å². The monoisotopic (exact) mass is 347 g/mol. The van der Waals surface area contributed by atoms with Crippen molar-refractivity contribution in [3.05, 3.63) is 18.2 Å². The molecule has 1 aliphatic rings. The minimum absolute atomic E-state index is 0.0312. The van der Waals surface area contributed by atoms with Crippen LogP contribution >= 0.6 is 0 Å². The Morgan fingerprint density at radius 1 is 1.28 bits per heavy atom. The molecule has 6 heteroatoms. The lowest BCUT2D eigenvalue weighted by molar-refractivity contribution is -0.127. The zero-order chi connectivity index (χ0) is 18.8. The molecule has 25 heavy (non-hydrogen) atoms. The van der Waals surface area contributed by atoms with Crippen LogP contribution in [0.3, 0.4) is 0 Å². The van der Waals surface area contributed by atoms with E-state index in [0.717, 1.165) is 0 Å². The van der Waals surface area contributed by atoms with Crippen LogP contribution in [0.5, 0.6) is 5.75 Å². The van der Waals surface area contributed by atoms with E-state index in [1.165, 1.54) is 0 Å². The molecule has 2 N–H and O–H groups in total. The van der Waals surface area contributed by atoms with Gasteiger partial charge in [-0.15, -0.1) is 0 Å². The predicted octanol–water partition coefficient (Wildman–Crippen LogP) is 3.62. The first kappa shape index (κ1) is 19.1. The van der Waals surface area contributed by atoms with Crippen LogP contribution < -0.4 is 20.3 Å². The number of anilines is 2. The van der Waals surface area contributed by atoms with Crippen molar-refractivity contribution in [2.45, 2.75) is 47.6 Å². The second-order valence-corrected chi connectivity index (χ2v) is 7.92. The van der Waals surface area contributed by atoms with Gasteiger partial charge in [0.15, 0.2) is 0 Å². The Morgan fingerprint density at radius 3 is 2.56 bits per heavy atom. The summed E-state index contributed by atoms with van der Waals surface area (Å²) in [5, 5.41) is 5.60. The quantitative estimate of drug-likeness (QED) is 0.874. The van der Waals surface area contributed by atoms with Crippen LogP contribution in [0.2, 0.25) is 0 Å². The van der Waals surface area contributed by atoms with Gasteiger partial charge in [-0.05, 0) is 51.8 Å². The fourth-order valence-corrected chi connectivity index (χ4v) is 2.70. The number of amides is 3. The summed E-state index contributed by atoms with van der Waals surface area (Å²) < 4.78 is 5.88. The largest absolute Gasteiger partial charge is 0.490 e. The second kappa shape index (κ2) is 7.33. The molecule has 0 atom stereocenters. The highest BCUT2D eigenvalue weighted by atomic mass is 16.5. The maximum absolute atomic E-state index is 13.0. The molecule has 6 nitrogen and oxygen atoms in total. The van der Waals surface area contributed by atoms with E-state index in [4.69, 9.17) is 4.74 Å². The van der Waals surface area contributed by atoms with E-state index in [1.54, 1.807) is 17.0 Å². The first-order chi connectivity index (χ1) is 11.6. The lowest BCUT2D eigenvalue weighted by Crippen LogP contribution is -2.43. The molecule has 1 aromatic rings. The number of nitrogens with one attached hydrogen (secondary N) is 2. The van der Waals surface area contributed by atoms with Gasteiger partial charge in [-0.1, -0.05) is 13.8 Å². The number of nitrogens with zero attached hydrogens (tertiary/aromatic N) is 1. The zero-order valence-electron chi connectivity index (χ0n) is 16.0. The van der Waals surface area contributed by atoms with Crippen molar-refractivity contribution in [2.24, 2.45) is 11.3 Å². The van der Waals surface area contributed by atoms with Crippen molar-refractivity contribution >= 4 is 23.3 Å². The molecule has 1 aliphatic heterocycles. The van der Waals surface area contributed by atoms with Gasteiger partial charge in [0.1, 0.15) is 12.4 Å². The van der Waals surface area contributed by atoms with Crippen LogP contribution in [0.4, 0.5) is 16.2 Å². The molecule has 0 saturated carbocycles. The Bertz CT molecular complexity index is 653. The minimum Gasteiger partial charge on any atom is -0.490 e. The van der Waals surface area contributed by atoms with Gasteiger partial charge in [-0.3, -0.25) is 4.79 Å². The summed E-state index contributed by atoms with van der Waals surface area (Å²) in [5.41, 5.74) is 0.727. The molecule has 0 radical (unpaired) electrons. The maximum atomic E-state index is 13.0. The van der Waals surface area contributed by atoms with Crippen LogP contribution in [0.25, 0.3) is 0 Å². The van der Waals surface area contributed by atoms with Crippen molar-refractivity contribution in [3.63, 3.8) is 0 Å². The number of rotatable bonds is 4. The molecule has 2 rings (SSSR count). The van der Waals surface area contributed by atoms with Crippen molar-refractivity contribution in [3.8, 4) is 5.75 Å². The maximum Gasteiger partial charge on any atom is 0.319 e.